The molecule has 7 aromatic carbocycles. The summed E-state index contributed by atoms with van der Waals surface area (Å²) >= 11 is 0. The van der Waals surface area contributed by atoms with E-state index in [-0.39, 0.29) is 0 Å². The van der Waals surface area contributed by atoms with E-state index in [4.69, 9.17) is 4.42 Å². The lowest BCUT2D eigenvalue weighted by Crippen LogP contribution is -2.30. The van der Waals surface area contributed by atoms with Gasteiger partial charge < -0.3 is 14.5 Å². The molecule has 0 amide bonds. The largest absolute Gasteiger partial charge is 0.492 e. The van der Waals surface area contributed by atoms with Gasteiger partial charge in [0.25, 0.3) is 0 Å². The molecule has 1 aromatic heterocycles. The fourth-order valence-electron chi connectivity index (χ4n) is 8.18. The SMILES string of the molecule is OB(O)c1ccc2c3cc4c(cc3c3cccc5oc1c2c53)C1(c2ccccc2-c2ccccc21)c1ccccc1-4. The molecule has 0 bridgehead atoms. The van der Waals surface area contributed by atoms with E-state index < -0.39 is 12.5 Å². The molecule has 2 aliphatic carbocycles. The van der Waals surface area contributed by atoms with Crippen LogP contribution < -0.4 is 5.46 Å². The summed E-state index contributed by atoms with van der Waals surface area (Å²) in [6, 6.07) is 41.3. The predicted octanol–water partition coefficient (Wildman–Crippen LogP) is 7.35. The van der Waals surface area contributed by atoms with Crippen molar-refractivity contribution in [2.24, 2.45) is 0 Å². The van der Waals surface area contributed by atoms with Gasteiger partial charge >= 0.3 is 7.12 Å². The molecule has 2 N–H and O–H groups in total. The van der Waals surface area contributed by atoms with Crippen molar-refractivity contribution in [3.8, 4) is 22.3 Å². The molecule has 0 radical (unpaired) electrons. The Morgan fingerprint density at radius 1 is 0.488 bits per heavy atom. The quantitative estimate of drug-likeness (QED) is 0.174. The summed E-state index contributed by atoms with van der Waals surface area (Å²) < 4.78 is 6.30. The van der Waals surface area contributed by atoms with E-state index in [1.807, 2.05) is 18.2 Å². The van der Waals surface area contributed by atoms with Gasteiger partial charge in [0, 0.05) is 16.2 Å². The number of benzene rings is 7. The summed E-state index contributed by atoms with van der Waals surface area (Å²) in [6.45, 7) is 0. The molecule has 2 aliphatic rings. The normalized spacial score (nSPS) is 14.3. The molecule has 41 heavy (non-hydrogen) atoms. The van der Waals surface area contributed by atoms with E-state index in [1.54, 1.807) is 6.07 Å². The Bertz CT molecular complexity index is 2370. The van der Waals surface area contributed by atoms with Crippen LogP contribution in [0, 0.1) is 0 Å². The van der Waals surface area contributed by atoms with E-state index in [0.717, 1.165) is 32.5 Å². The molecule has 3 nitrogen and oxygen atoms in total. The molecule has 0 saturated carbocycles. The molecule has 0 atom stereocenters. The second-order valence-electron chi connectivity index (χ2n) is 11.4. The number of rotatable bonds is 1. The molecule has 0 aliphatic heterocycles. The molecule has 10 rings (SSSR count). The van der Waals surface area contributed by atoms with Gasteiger partial charge in [0.05, 0.1) is 5.41 Å². The Morgan fingerprint density at radius 2 is 1.07 bits per heavy atom. The molecular formula is C37H21BO3. The average Bonchev–Trinajstić information content (AvgIpc) is 3.64. The van der Waals surface area contributed by atoms with Crippen LogP contribution in [0.1, 0.15) is 22.3 Å². The van der Waals surface area contributed by atoms with E-state index in [0.29, 0.717) is 11.0 Å². The van der Waals surface area contributed by atoms with Gasteiger partial charge in [-0.1, -0.05) is 97.1 Å². The maximum atomic E-state index is 10.1. The second kappa shape index (κ2) is 7.24. The summed E-state index contributed by atoms with van der Waals surface area (Å²) in [5.41, 5.74) is 11.6. The van der Waals surface area contributed by atoms with Crippen molar-refractivity contribution in [3.05, 3.63) is 138 Å². The summed E-state index contributed by atoms with van der Waals surface area (Å²) in [4.78, 5) is 0. The Morgan fingerprint density at radius 3 is 1.73 bits per heavy atom. The molecule has 0 saturated heterocycles. The lowest BCUT2D eigenvalue weighted by atomic mass is 9.70. The first kappa shape index (κ1) is 21.9. The highest BCUT2D eigenvalue weighted by atomic mass is 16.4. The fourth-order valence-corrected chi connectivity index (χ4v) is 8.18. The lowest BCUT2D eigenvalue weighted by Gasteiger charge is -2.30. The molecule has 1 heterocycles. The summed E-state index contributed by atoms with van der Waals surface area (Å²) in [5, 5.41) is 26.7. The summed E-state index contributed by atoms with van der Waals surface area (Å²) in [6.07, 6.45) is 0. The Hall–Kier alpha value is -4.90. The van der Waals surface area contributed by atoms with Crippen LogP contribution in [0.5, 0.6) is 0 Å². The van der Waals surface area contributed by atoms with Crippen LogP contribution in [0.4, 0.5) is 0 Å². The van der Waals surface area contributed by atoms with Gasteiger partial charge in [-0.3, -0.25) is 0 Å². The first-order chi connectivity index (χ1) is 20.2. The zero-order valence-electron chi connectivity index (χ0n) is 21.8. The van der Waals surface area contributed by atoms with Crippen molar-refractivity contribution < 1.29 is 14.5 Å². The van der Waals surface area contributed by atoms with Crippen LogP contribution in [0.15, 0.2) is 120 Å². The van der Waals surface area contributed by atoms with Crippen molar-refractivity contribution in [1.82, 2.24) is 0 Å². The minimum atomic E-state index is -1.61. The topological polar surface area (TPSA) is 53.6 Å². The number of hydrogen-bond donors (Lipinski definition) is 2. The Kier molecular flexibility index (Phi) is 3.86. The molecule has 0 unspecified atom stereocenters. The van der Waals surface area contributed by atoms with E-state index in [9.17, 15) is 10.0 Å². The first-order valence-corrected chi connectivity index (χ1v) is 14.0. The summed E-state index contributed by atoms with van der Waals surface area (Å²) in [5.74, 6) is 0. The van der Waals surface area contributed by atoms with Gasteiger partial charge in [0.1, 0.15) is 11.2 Å². The molecular weight excluding hydrogens is 503 g/mol. The highest BCUT2D eigenvalue weighted by Gasteiger charge is 2.51. The van der Waals surface area contributed by atoms with Crippen molar-refractivity contribution in [2.45, 2.75) is 5.41 Å². The number of furan rings is 1. The van der Waals surface area contributed by atoms with Gasteiger partial charge in [-0.25, -0.2) is 0 Å². The molecule has 8 aromatic rings. The Balaban J connectivity index is 1.44. The lowest BCUT2D eigenvalue weighted by molar-refractivity contribution is 0.425. The number of fused-ring (bicyclic) bond motifs is 13. The first-order valence-electron chi connectivity index (χ1n) is 14.0. The van der Waals surface area contributed by atoms with Crippen molar-refractivity contribution in [3.63, 3.8) is 0 Å². The molecule has 0 fully saturated rings. The maximum absolute atomic E-state index is 10.1. The zero-order valence-corrected chi connectivity index (χ0v) is 21.8. The van der Waals surface area contributed by atoms with Crippen molar-refractivity contribution >= 4 is 56.1 Å². The highest BCUT2D eigenvalue weighted by molar-refractivity contribution is 6.62. The third kappa shape index (κ3) is 2.38. The van der Waals surface area contributed by atoms with E-state index in [2.05, 4.69) is 91.0 Å². The monoisotopic (exact) mass is 524 g/mol. The minimum Gasteiger partial charge on any atom is -0.456 e. The van der Waals surface area contributed by atoms with Gasteiger partial charge in [-0.05, 0) is 84.3 Å². The van der Waals surface area contributed by atoms with E-state index in [1.165, 1.54) is 49.9 Å². The molecule has 1 spiro atoms. The molecule has 190 valence electrons. The number of hydrogen-bond acceptors (Lipinski definition) is 3. The van der Waals surface area contributed by atoms with Crippen LogP contribution in [0.25, 0.3) is 65.7 Å². The average molecular weight is 524 g/mol. The van der Waals surface area contributed by atoms with Crippen molar-refractivity contribution in [1.29, 1.82) is 0 Å². The maximum Gasteiger partial charge on any atom is 0.492 e. The van der Waals surface area contributed by atoms with Crippen LogP contribution in [-0.4, -0.2) is 17.2 Å². The van der Waals surface area contributed by atoms with Crippen LogP contribution in [0.3, 0.4) is 0 Å². The second-order valence-corrected chi connectivity index (χ2v) is 11.4. The fraction of sp³-hybridized carbons (Fsp3) is 0.0270. The third-order valence-corrected chi connectivity index (χ3v) is 9.67. The van der Waals surface area contributed by atoms with Gasteiger partial charge in [-0.2, -0.15) is 0 Å². The van der Waals surface area contributed by atoms with Crippen LogP contribution in [0.2, 0.25) is 0 Å². The minimum absolute atomic E-state index is 0.388. The summed E-state index contributed by atoms with van der Waals surface area (Å²) in [7, 11) is -1.61. The van der Waals surface area contributed by atoms with Crippen LogP contribution >= 0.6 is 0 Å². The van der Waals surface area contributed by atoms with Gasteiger partial charge in [0.2, 0.25) is 0 Å². The van der Waals surface area contributed by atoms with Gasteiger partial charge in [0.15, 0.2) is 0 Å². The zero-order chi connectivity index (χ0) is 27.0. The highest BCUT2D eigenvalue weighted by Crippen LogP contribution is 2.63. The van der Waals surface area contributed by atoms with E-state index >= 15 is 0 Å². The standard InChI is InChI=1S/C37H21BO3/c39-38(40)32-17-16-24-25-18-27-22-10-3-6-14-30(22)37(28-12-4-1-8-20(28)21-9-2-5-13-29(21)37)31(27)19-26(25)23-11-7-15-33-34(23)35(24)36(32)41-33/h1-19,39-40H. The smallest absolute Gasteiger partial charge is 0.456 e. The Labute approximate surface area is 235 Å². The third-order valence-electron chi connectivity index (χ3n) is 9.67. The predicted molar refractivity (Wildman–Crippen MR) is 166 cm³/mol. The van der Waals surface area contributed by atoms with Crippen LogP contribution in [-0.2, 0) is 5.41 Å². The van der Waals surface area contributed by atoms with Gasteiger partial charge in [-0.15, -0.1) is 0 Å². The van der Waals surface area contributed by atoms with Crippen molar-refractivity contribution in [2.75, 3.05) is 0 Å². The molecule has 4 heteroatoms.